The lowest BCUT2D eigenvalue weighted by atomic mass is 10.1. The van der Waals surface area contributed by atoms with Crippen LogP contribution in [0.5, 0.6) is 5.75 Å². The van der Waals surface area contributed by atoms with Crippen molar-refractivity contribution >= 4 is 5.91 Å². The van der Waals surface area contributed by atoms with Gasteiger partial charge in [-0.15, -0.1) is 0 Å². The third-order valence-corrected chi connectivity index (χ3v) is 5.50. The summed E-state index contributed by atoms with van der Waals surface area (Å²) in [4.78, 5) is 21.4. The molecule has 3 fully saturated rings. The first-order valence-electron chi connectivity index (χ1n) is 9.31. The number of amides is 1. The molecule has 2 saturated carbocycles. The minimum Gasteiger partial charge on any atom is -0.487 e. The normalized spacial score (nSPS) is 25.5. The van der Waals surface area contributed by atoms with Gasteiger partial charge in [-0.2, -0.15) is 0 Å². The van der Waals surface area contributed by atoms with Crippen molar-refractivity contribution in [3.05, 3.63) is 24.5 Å². The summed E-state index contributed by atoms with van der Waals surface area (Å²) in [6.45, 7) is 4.55. The Balaban J connectivity index is 1.29. The second-order valence-corrected chi connectivity index (χ2v) is 7.56. The number of hydrogen-bond acceptors (Lipinski definition) is 4. The first-order chi connectivity index (χ1) is 11.7. The molecule has 4 rings (SSSR count). The molecule has 0 N–H and O–H groups in total. The number of aromatic nitrogens is 1. The zero-order chi connectivity index (χ0) is 16.5. The van der Waals surface area contributed by atoms with Crippen LogP contribution in [0.4, 0.5) is 0 Å². The third kappa shape index (κ3) is 3.72. The Morgan fingerprint density at radius 1 is 1.38 bits per heavy atom. The van der Waals surface area contributed by atoms with Crippen LogP contribution in [0.25, 0.3) is 0 Å². The van der Waals surface area contributed by atoms with E-state index in [2.05, 4.69) is 21.7 Å². The predicted octanol–water partition coefficient (Wildman–Crippen LogP) is 2.32. The molecule has 5 heteroatoms. The smallest absolute Gasteiger partial charge is 0.237 e. The van der Waals surface area contributed by atoms with Gasteiger partial charge in [0.2, 0.25) is 5.91 Å². The van der Waals surface area contributed by atoms with Gasteiger partial charge in [-0.1, -0.05) is 0 Å². The van der Waals surface area contributed by atoms with Gasteiger partial charge in [0.25, 0.3) is 0 Å². The molecule has 0 spiro atoms. The van der Waals surface area contributed by atoms with Crippen LogP contribution in [0.1, 0.15) is 39.0 Å². The van der Waals surface area contributed by atoms with Crippen LogP contribution in [-0.2, 0) is 4.79 Å². The van der Waals surface area contributed by atoms with E-state index in [4.69, 9.17) is 4.74 Å². The highest BCUT2D eigenvalue weighted by Crippen LogP contribution is 2.39. The monoisotopic (exact) mass is 329 g/mol. The molecule has 130 valence electrons. The lowest BCUT2D eigenvalue weighted by Crippen LogP contribution is -2.46. The Morgan fingerprint density at radius 2 is 2.21 bits per heavy atom. The Kier molecular flexibility index (Phi) is 4.44. The van der Waals surface area contributed by atoms with Crippen LogP contribution in [0.3, 0.4) is 0 Å². The number of ether oxygens (including phenoxy) is 1. The van der Waals surface area contributed by atoms with Gasteiger partial charge >= 0.3 is 0 Å². The van der Waals surface area contributed by atoms with Crippen molar-refractivity contribution in [2.24, 2.45) is 5.92 Å². The molecule has 3 aliphatic rings. The standard InChI is InChI=1S/C19H27N3O2/c1-14(15-4-5-15)22(16-6-7-16)19(23)13-21-10-8-18(12-21)24-17-3-2-9-20-11-17/h2-3,9,11,14-16,18H,4-8,10,12-13H2,1H3/t14-,18-/m0/s1. The summed E-state index contributed by atoms with van der Waals surface area (Å²) in [6, 6.07) is 4.76. The first kappa shape index (κ1) is 15.9. The molecular weight excluding hydrogens is 302 g/mol. The topological polar surface area (TPSA) is 45.7 Å². The van der Waals surface area contributed by atoms with E-state index in [0.717, 1.165) is 31.2 Å². The minimum atomic E-state index is 0.164. The molecule has 0 aromatic carbocycles. The molecule has 1 aromatic heterocycles. The van der Waals surface area contributed by atoms with Crippen LogP contribution >= 0.6 is 0 Å². The van der Waals surface area contributed by atoms with Crippen LogP contribution < -0.4 is 4.74 Å². The summed E-state index contributed by atoms with van der Waals surface area (Å²) in [6.07, 6.45) is 9.61. The summed E-state index contributed by atoms with van der Waals surface area (Å²) in [7, 11) is 0. The maximum absolute atomic E-state index is 12.9. The number of carbonyl (C=O) groups excluding carboxylic acids is 1. The van der Waals surface area contributed by atoms with Gasteiger partial charge in [-0.05, 0) is 57.1 Å². The average Bonchev–Trinajstić information content (AvgIpc) is 3.48. The predicted molar refractivity (Wildman–Crippen MR) is 91.8 cm³/mol. The van der Waals surface area contributed by atoms with E-state index in [0.29, 0.717) is 24.5 Å². The number of carbonyl (C=O) groups is 1. The molecule has 0 radical (unpaired) electrons. The van der Waals surface area contributed by atoms with Crippen molar-refractivity contribution in [2.45, 2.75) is 57.2 Å². The zero-order valence-electron chi connectivity index (χ0n) is 14.4. The SMILES string of the molecule is C[C@@H](C1CC1)N(C(=O)CN1CC[C@H](Oc2cccnc2)C1)C1CC1. The summed E-state index contributed by atoms with van der Waals surface area (Å²) in [5.74, 6) is 1.88. The van der Waals surface area contributed by atoms with Crippen LogP contribution in [0.15, 0.2) is 24.5 Å². The van der Waals surface area contributed by atoms with Crippen molar-refractivity contribution in [3.8, 4) is 5.75 Å². The van der Waals surface area contributed by atoms with Gasteiger partial charge < -0.3 is 9.64 Å². The Labute approximate surface area is 144 Å². The highest BCUT2D eigenvalue weighted by Gasteiger charge is 2.42. The number of rotatable bonds is 7. The maximum atomic E-state index is 12.9. The molecule has 0 unspecified atom stereocenters. The fourth-order valence-corrected chi connectivity index (χ4v) is 3.84. The van der Waals surface area contributed by atoms with Crippen LogP contribution in [0.2, 0.25) is 0 Å². The summed E-state index contributed by atoms with van der Waals surface area (Å²) in [5.41, 5.74) is 0. The second kappa shape index (κ2) is 6.71. The molecule has 2 aliphatic carbocycles. The second-order valence-electron chi connectivity index (χ2n) is 7.56. The molecule has 1 aliphatic heterocycles. The average molecular weight is 329 g/mol. The fraction of sp³-hybridized carbons (Fsp3) is 0.684. The Hall–Kier alpha value is -1.62. The lowest BCUT2D eigenvalue weighted by Gasteiger charge is -2.31. The van der Waals surface area contributed by atoms with Crippen molar-refractivity contribution in [1.29, 1.82) is 0 Å². The summed E-state index contributed by atoms with van der Waals surface area (Å²) < 4.78 is 5.97. The van der Waals surface area contributed by atoms with E-state index < -0.39 is 0 Å². The molecule has 2 heterocycles. The molecular formula is C19H27N3O2. The zero-order valence-corrected chi connectivity index (χ0v) is 14.4. The quantitative estimate of drug-likeness (QED) is 0.770. The number of hydrogen-bond donors (Lipinski definition) is 0. The van der Waals surface area contributed by atoms with Gasteiger partial charge in [0.1, 0.15) is 11.9 Å². The summed E-state index contributed by atoms with van der Waals surface area (Å²) in [5, 5.41) is 0. The van der Waals surface area contributed by atoms with Gasteiger partial charge in [0, 0.05) is 31.4 Å². The van der Waals surface area contributed by atoms with Gasteiger partial charge in [0.15, 0.2) is 0 Å². The van der Waals surface area contributed by atoms with E-state index in [1.807, 2.05) is 12.1 Å². The molecule has 1 amide bonds. The maximum Gasteiger partial charge on any atom is 0.237 e. The van der Waals surface area contributed by atoms with Gasteiger partial charge in [-0.25, -0.2) is 0 Å². The number of likely N-dealkylation sites (tertiary alicyclic amines) is 1. The molecule has 0 bridgehead atoms. The number of nitrogens with zero attached hydrogens (tertiary/aromatic N) is 3. The van der Waals surface area contributed by atoms with Gasteiger partial charge in [0.05, 0.1) is 12.7 Å². The van der Waals surface area contributed by atoms with E-state index in [1.165, 1.54) is 25.7 Å². The van der Waals surface area contributed by atoms with E-state index in [-0.39, 0.29) is 6.10 Å². The van der Waals surface area contributed by atoms with E-state index in [1.54, 1.807) is 12.4 Å². The van der Waals surface area contributed by atoms with Crippen LogP contribution in [-0.4, -0.2) is 58.5 Å². The van der Waals surface area contributed by atoms with E-state index in [9.17, 15) is 4.79 Å². The highest BCUT2D eigenvalue weighted by atomic mass is 16.5. The van der Waals surface area contributed by atoms with E-state index >= 15 is 0 Å². The molecule has 5 nitrogen and oxygen atoms in total. The molecule has 24 heavy (non-hydrogen) atoms. The summed E-state index contributed by atoms with van der Waals surface area (Å²) >= 11 is 0. The minimum absolute atomic E-state index is 0.164. The molecule has 1 aromatic rings. The molecule has 2 atom stereocenters. The Bertz CT molecular complexity index is 571. The lowest BCUT2D eigenvalue weighted by molar-refractivity contribution is -0.135. The first-order valence-corrected chi connectivity index (χ1v) is 9.31. The van der Waals surface area contributed by atoms with Gasteiger partial charge in [-0.3, -0.25) is 14.7 Å². The number of pyridine rings is 1. The van der Waals surface area contributed by atoms with Crippen molar-refractivity contribution in [1.82, 2.24) is 14.8 Å². The van der Waals surface area contributed by atoms with Crippen molar-refractivity contribution in [2.75, 3.05) is 19.6 Å². The highest BCUT2D eigenvalue weighted by molar-refractivity contribution is 5.79. The fourth-order valence-electron chi connectivity index (χ4n) is 3.84. The van der Waals surface area contributed by atoms with Crippen molar-refractivity contribution in [3.63, 3.8) is 0 Å². The van der Waals surface area contributed by atoms with Crippen LogP contribution in [0, 0.1) is 5.92 Å². The largest absolute Gasteiger partial charge is 0.487 e. The molecule has 1 saturated heterocycles. The Morgan fingerprint density at radius 3 is 2.88 bits per heavy atom. The third-order valence-electron chi connectivity index (χ3n) is 5.50. The van der Waals surface area contributed by atoms with Crippen molar-refractivity contribution < 1.29 is 9.53 Å².